The summed E-state index contributed by atoms with van der Waals surface area (Å²) in [5.41, 5.74) is 2.19. The van der Waals surface area contributed by atoms with Crippen molar-refractivity contribution in [2.45, 2.75) is 27.2 Å². The molecular weight excluding hydrogens is 244 g/mol. The monoisotopic (exact) mass is 256 g/mol. The van der Waals surface area contributed by atoms with Gasteiger partial charge in [-0.1, -0.05) is 22.9 Å². The molecule has 1 aromatic carbocycles. The molecule has 0 aliphatic carbocycles. The summed E-state index contributed by atoms with van der Waals surface area (Å²) in [6.45, 7) is 5.51. The van der Waals surface area contributed by atoms with Gasteiger partial charge in [0.1, 0.15) is 5.75 Å². The smallest absolute Gasteiger partial charge is 0.166 e. The fraction of sp³-hybridized carbons (Fsp3) is 0.364. The van der Waals surface area contributed by atoms with Crippen molar-refractivity contribution in [1.82, 2.24) is 0 Å². The number of hydrogen-bond acceptors (Lipinski definition) is 2. The minimum atomic E-state index is -0.0271. The van der Waals surface area contributed by atoms with Gasteiger partial charge in [-0.3, -0.25) is 4.79 Å². The number of hydrogen-bond donors (Lipinski definition) is 1. The molecule has 76 valence electrons. The molecule has 0 aliphatic rings. The molecule has 0 aliphatic heterocycles. The molecule has 1 rings (SSSR count). The maximum Gasteiger partial charge on any atom is 0.166 e. The van der Waals surface area contributed by atoms with Gasteiger partial charge < -0.3 is 5.11 Å². The molecule has 1 N–H and O–H groups in total. The minimum absolute atomic E-state index is 0.0271. The predicted molar refractivity (Wildman–Crippen MR) is 59.9 cm³/mol. The van der Waals surface area contributed by atoms with Crippen LogP contribution in [0.2, 0.25) is 0 Å². The molecule has 0 fully saturated rings. The third kappa shape index (κ3) is 1.82. The lowest BCUT2D eigenvalue weighted by Gasteiger charge is -2.10. The molecule has 0 saturated carbocycles. The van der Waals surface area contributed by atoms with Crippen molar-refractivity contribution < 1.29 is 9.90 Å². The Labute approximate surface area is 92.1 Å². The number of carbonyl (C=O) groups excluding carboxylic acids is 1. The van der Waals surface area contributed by atoms with Gasteiger partial charge in [-0.05, 0) is 31.0 Å². The number of rotatable bonds is 2. The van der Waals surface area contributed by atoms with Gasteiger partial charge in [0.2, 0.25) is 0 Å². The highest BCUT2D eigenvalue weighted by Gasteiger charge is 2.16. The fourth-order valence-electron chi connectivity index (χ4n) is 1.47. The summed E-state index contributed by atoms with van der Waals surface area (Å²) in [6, 6.07) is 1.61. The summed E-state index contributed by atoms with van der Waals surface area (Å²) in [5, 5.41) is 9.66. The van der Waals surface area contributed by atoms with E-state index in [2.05, 4.69) is 15.9 Å². The van der Waals surface area contributed by atoms with Crippen molar-refractivity contribution in [2.75, 3.05) is 0 Å². The summed E-state index contributed by atoms with van der Waals surface area (Å²) in [6.07, 6.45) is 0.407. The first-order valence-corrected chi connectivity index (χ1v) is 5.30. The van der Waals surface area contributed by atoms with E-state index in [1.807, 2.05) is 13.8 Å². The predicted octanol–water partition coefficient (Wildman–Crippen LogP) is 3.36. The van der Waals surface area contributed by atoms with Crippen molar-refractivity contribution in [1.29, 1.82) is 0 Å². The van der Waals surface area contributed by atoms with E-state index in [1.165, 1.54) is 0 Å². The Bertz CT molecular complexity index is 383. The Balaban J connectivity index is 3.44. The topological polar surface area (TPSA) is 37.3 Å². The van der Waals surface area contributed by atoms with Crippen molar-refractivity contribution in [3.05, 3.63) is 27.2 Å². The normalized spacial score (nSPS) is 10.3. The number of aryl methyl sites for hydroxylation is 1. The average molecular weight is 257 g/mol. The third-order valence-corrected chi connectivity index (χ3v) is 3.48. The van der Waals surface area contributed by atoms with E-state index in [0.717, 1.165) is 15.6 Å². The maximum atomic E-state index is 11.5. The van der Waals surface area contributed by atoms with E-state index in [1.54, 1.807) is 13.0 Å². The first-order valence-electron chi connectivity index (χ1n) is 4.50. The number of phenols is 1. The summed E-state index contributed by atoms with van der Waals surface area (Å²) < 4.78 is 0.895. The highest BCUT2D eigenvalue weighted by molar-refractivity contribution is 9.10. The molecule has 0 spiro atoms. The van der Waals surface area contributed by atoms with E-state index >= 15 is 0 Å². The molecule has 0 unspecified atom stereocenters. The van der Waals surface area contributed by atoms with Gasteiger partial charge in [0.25, 0.3) is 0 Å². The van der Waals surface area contributed by atoms with Gasteiger partial charge in [-0.15, -0.1) is 0 Å². The summed E-state index contributed by atoms with van der Waals surface area (Å²) in [4.78, 5) is 11.5. The molecule has 1 aromatic rings. The van der Waals surface area contributed by atoms with Gasteiger partial charge in [0.05, 0.1) is 5.56 Å². The number of Topliss-reactive ketones (excluding diaryl/α,β-unsaturated/α-hetero) is 1. The molecule has 0 radical (unpaired) electrons. The van der Waals surface area contributed by atoms with Gasteiger partial charge in [-0.25, -0.2) is 0 Å². The Kier molecular flexibility index (Phi) is 3.32. The maximum absolute atomic E-state index is 11.5. The molecule has 14 heavy (non-hydrogen) atoms. The van der Waals surface area contributed by atoms with E-state index in [0.29, 0.717) is 12.0 Å². The first-order chi connectivity index (χ1) is 6.49. The summed E-state index contributed by atoms with van der Waals surface area (Å²) >= 11 is 3.40. The van der Waals surface area contributed by atoms with E-state index < -0.39 is 0 Å². The number of carbonyl (C=O) groups is 1. The minimum Gasteiger partial charge on any atom is -0.507 e. The molecule has 0 heterocycles. The van der Waals surface area contributed by atoms with Crippen LogP contribution in [0.1, 0.15) is 34.8 Å². The third-order valence-electron chi connectivity index (χ3n) is 2.26. The summed E-state index contributed by atoms with van der Waals surface area (Å²) in [7, 11) is 0. The Morgan fingerprint density at radius 1 is 1.50 bits per heavy atom. The zero-order chi connectivity index (χ0) is 10.9. The zero-order valence-corrected chi connectivity index (χ0v) is 10.1. The lowest BCUT2D eigenvalue weighted by Crippen LogP contribution is -2.02. The molecular formula is C11H13BrO2. The second kappa shape index (κ2) is 4.13. The molecule has 0 amide bonds. The lowest BCUT2D eigenvalue weighted by molar-refractivity contribution is 0.0985. The molecule has 0 aromatic heterocycles. The van der Waals surface area contributed by atoms with E-state index in [9.17, 15) is 9.90 Å². The molecule has 2 nitrogen and oxygen atoms in total. The van der Waals surface area contributed by atoms with Crippen LogP contribution in [0.25, 0.3) is 0 Å². The number of benzene rings is 1. The average Bonchev–Trinajstić information content (AvgIpc) is 2.14. The van der Waals surface area contributed by atoms with Crippen LogP contribution in [-0.2, 0) is 0 Å². The summed E-state index contributed by atoms with van der Waals surface area (Å²) in [5.74, 6) is 0.0516. The lowest BCUT2D eigenvalue weighted by atomic mass is 9.99. The van der Waals surface area contributed by atoms with Crippen LogP contribution < -0.4 is 0 Å². The van der Waals surface area contributed by atoms with Crippen LogP contribution >= 0.6 is 15.9 Å². The fourth-order valence-corrected chi connectivity index (χ4v) is 1.78. The van der Waals surface area contributed by atoms with Crippen molar-refractivity contribution in [3.63, 3.8) is 0 Å². The Morgan fingerprint density at radius 3 is 2.57 bits per heavy atom. The molecule has 3 heteroatoms. The van der Waals surface area contributed by atoms with Crippen molar-refractivity contribution in [3.8, 4) is 5.75 Å². The van der Waals surface area contributed by atoms with Crippen LogP contribution in [0.3, 0.4) is 0 Å². The Hall–Kier alpha value is -0.830. The number of phenolic OH excluding ortho intramolecular Hbond substituents is 1. The van der Waals surface area contributed by atoms with E-state index in [-0.39, 0.29) is 11.5 Å². The van der Waals surface area contributed by atoms with Gasteiger partial charge >= 0.3 is 0 Å². The highest BCUT2D eigenvalue weighted by atomic mass is 79.9. The van der Waals surface area contributed by atoms with Crippen LogP contribution in [0.5, 0.6) is 5.75 Å². The Morgan fingerprint density at radius 2 is 2.07 bits per heavy atom. The van der Waals surface area contributed by atoms with Crippen LogP contribution in [0.4, 0.5) is 0 Å². The van der Waals surface area contributed by atoms with Crippen LogP contribution in [0, 0.1) is 13.8 Å². The largest absolute Gasteiger partial charge is 0.507 e. The number of halogens is 1. The second-order valence-corrected chi connectivity index (χ2v) is 4.10. The molecule has 0 bridgehead atoms. The standard InChI is InChI=1S/C11H13BrO2/c1-4-8(13)10-7(3)11(12)6(2)5-9(10)14/h5,14H,4H2,1-3H3. The molecule has 0 saturated heterocycles. The highest BCUT2D eigenvalue weighted by Crippen LogP contribution is 2.31. The van der Waals surface area contributed by atoms with Crippen molar-refractivity contribution >= 4 is 21.7 Å². The first kappa shape index (κ1) is 11.2. The number of aromatic hydroxyl groups is 1. The quantitative estimate of drug-likeness (QED) is 0.825. The van der Waals surface area contributed by atoms with Crippen LogP contribution in [0.15, 0.2) is 10.5 Å². The van der Waals surface area contributed by atoms with Gasteiger partial charge in [0, 0.05) is 10.9 Å². The van der Waals surface area contributed by atoms with Gasteiger partial charge in [0.15, 0.2) is 5.78 Å². The van der Waals surface area contributed by atoms with Gasteiger partial charge in [-0.2, -0.15) is 0 Å². The zero-order valence-electron chi connectivity index (χ0n) is 8.52. The number of ketones is 1. The van der Waals surface area contributed by atoms with E-state index in [4.69, 9.17) is 0 Å². The van der Waals surface area contributed by atoms with Crippen molar-refractivity contribution in [2.24, 2.45) is 0 Å². The molecule has 0 atom stereocenters. The van der Waals surface area contributed by atoms with Crippen LogP contribution in [-0.4, -0.2) is 10.9 Å². The second-order valence-electron chi connectivity index (χ2n) is 3.30. The SMILES string of the molecule is CCC(=O)c1c(O)cc(C)c(Br)c1C.